The predicted molar refractivity (Wildman–Crippen MR) is 115 cm³/mol. The maximum atomic E-state index is 6.64. The van der Waals surface area contributed by atoms with Crippen LogP contribution in [0.25, 0.3) is 0 Å². The average Bonchev–Trinajstić information content (AvgIpc) is 2.68. The number of aryl methyl sites for hydroxylation is 2. The van der Waals surface area contributed by atoms with E-state index < -0.39 is 5.66 Å². The van der Waals surface area contributed by atoms with Gasteiger partial charge in [-0.05, 0) is 31.0 Å². The van der Waals surface area contributed by atoms with Gasteiger partial charge in [-0.25, -0.2) is 4.99 Å². The van der Waals surface area contributed by atoms with Gasteiger partial charge in [-0.3, -0.25) is 5.73 Å². The Morgan fingerprint density at radius 3 is 2.25 bits per heavy atom. The number of nitrogens with zero attached hydrogens (tertiary/aromatic N) is 3. The quantitative estimate of drug-likeness (QED) is 0.747. The van der Waals surface area contributed by atoms with E-state index in [1.807, 2.05) is 24.3 Å². The van der Waals surface area contributed by atoms with Gasteiger partial charge < -0.3 is 20.9 Å². The molecule has 2 aromatic rings. The minimum atomic E-state index is -0.953. The van der Waals surface area contributed by atoms with E-state index >= 15 is 0 Å². The molecule has 0 amide bonds. The van der Waals surface area contributed by atoms with E-state index in [9.17, 15) is 0 Å². The molecule has 4 rings (SSSR count). The third-order valence-electron chi connectivity index (χ3n) is 5.47. The fourth-order valence-electron chi connectivity index (χ4n) is 3.83. The number of guanidine groups is 1. The molecule has 2 heterocycles. The average molecular weight is 377 g/mol. The van der Waals surface area contributed by atoms with Crippen LogP contribution in [0.4, 0.5) is 5.69 Å². The summed E-state index contributed by atoms with van der Waals surface area (Å²) in [6.07, 6.45) is 1.78. The van der Waals surface area contributed by atoms with E-state index in [1.165, 1.54) is 16.8 Å². The molecule has 0 bridgehead atoms. The monoisotopic (exact) mass is 376 g/mol. The number of hydrogen-bond donors (Lipinski definition) is 3. The maximum Gasteiger partial charge on any atom is 0.202 e. The van der Waals surface area contributed by atoms with Crippen molar-refractivity contribution in [2.75, 3.05) is 31.1 Å². The first-order valence-electron chi connectivity index (χ1n) is 9.71. The number of aliphatic imine (C=N–C) groups is 1. The molecule has 2 aliphatic rings. The van der Waals surface area contributed by atoms with Crippen LogP contribution >= 0.6 is 0 Å². The van der Waals surface area contributed by atoms with Gasteiger partial charge in [0.15, 0.2) is 5.66 Å². The molecule has 5 N–H and O–H groups in total. The Morgan fingerprint density at radius 2 is 1.57 bits per heavy atom. The molecule has 0 radical (unpaired) electrons. The fourth-order valence-corrected chi connectivity index (χ4v) is 3.83. The maximum absolute atomic E-state index is 6.64. The molecule has 1 fully saturated rings. The summed E-state index contributed by atoms with van der Waals surface area (Å²) >= 11 is 0. The van der Waals surface area contributed by atoms with Crippen LogP contribution in [-0.4, -0.2) is 37.0 Å². The number of nitrogens with two attached hydrogens (primary N) is 2. The van der Waals surface area contributed by atoms with Crippen LogP contribution in [0.1, 0.15) is 16.7 Å². The number of piperazine rings is 1. The summed E-state index contributed by atoms with van der Waals surface area (Å²) < 4.78 is 0. The first kappa shape index (κ1) is 18.4. The van der Waals surface area contributed by atoms with Crippen molar-refractivity contribution in [3.63, 3.8) is 0 Å². The molecule has 1 unspecified atom stereocenters. The van der Waals surface area contributed by atoms with Crippen molar-refractivity contribution in [2.45, 2.75) is 19.5 Å². The Hall–Kier alpha value is -2.99. The zero-order valence-corrected chi connectivity index (χ0v) is 16.5. The highest BCUT2D eigenvalue weighted by Crippen LogP contribution is 2.26. The Labute approximate surface area is 166 Å². The lowest BCUT2D eigenvalue weighted by atomic mass is 9.98. The van der Waals surface area contributed by atoms with Gasteiger partial charge in [0.05, 0.1) is 0 Å². The van der Waals surface area contributed by atoms with Crippen molar-refractivity contribution in [2.24, 2.45) is 16.5 Å². The van der Waals surface area contributed by atoms with Crippen LogP contribution in [-0.2, 0) is 5.66 Å². The molecule has 0 spiro atoms. The van der Waals surface area contributed by atoms with Gasteiger partial charge in [-0.2, -0.15) is 0 Å². The smallest absolute Gasteiger partial charge is 0.202 e. The minimum Gasteiger partial charge on any atom is -0.385 e. The second-order valence-corrected chi connectivity index (χ2v) is 7.61. The number of hydrogen-bond acceptors (Lipinski definition) is 6. The largest absolute Gasteiger partial charge is 0.385 e. The minimum absolute atomic E-state index is 0.536. The summed E-state index contributed by atoms with van der Waals surface area (Å²) in [6.45, 7) is 7.79. The summed E-state index contributed by atoms with van der Waals surface area (Å²) in [5.74, 6) is 1.28. The number of anilines is 1. The standard InChI is InChI=1S/C22H28N6/c1-16-7-9-18(10-8-16)22(24)15-20(23)25-21(26-22)28-13-11-27(12-14-28)19-6-4-3-5-17(19)2/h3-10,15H,11-14,23-24H2,1-2H3,(H,25,26). The number of para-hydroxylation sites is 1. The molecular weight excluding hydrogens is 348 g/mol. The molecule has 2 aromatic carbocycles. The van der Waals surface area contributed by atoms with E-state index in [-0.39, 0.29) is 0 Å². The highest BCUT2D eigenvalue weighted by Gasteiger charge is 2.31. The SMILES string of the molecule is Cc1ccc(C2(N)C=C(N)NC(N3CCN(c4ccccc4C)CC3)=N2)cc1. The second kappa shape index (κ2) is 7.20. The Balaban J connectivity index is 1.52. The van der Waals surface area contributed by atoms with Crippen LogP contribution < -0.4 is 21.7 Å². The highest BCUT2D eigenvalue weighted by atomic mass is 15.4. The van der Waals surface area contributed by atoms with Crippen molar-refractivity contribution in [3.05, 3.63) is 77.1 Å². The van der Waals surface area contributed by atoms with E-state index in [0.717, 1.165) is 37.7 Å². The van der Waals surface area contributed by atoms with Crippen molar-refractivity contribution in [3.8, 4) is 0 Å². The van der Waals surface area contributed by atoms with E-state index in [1.54, 1.807) is 6.08 Å². The third kappa shape index (κ3) is 3.55. The van der Waals surface area contributed by atoms with Crippen molar-refractivity contribution in [1.82, 2.24) is 10.2 Å². The van der Waals surface area contributed by atoms with Gasteiger partial charge in [0, 0.05) is 37.9 Å². The normalized spacial score (nSPS) is 22.4. The van der Waals surface area contributed by atoms with Gasteiger partial charge in [-0.1, -0.05) is 48.0 Å². The number of rotatable bonds is 2. The molecule has 6 heteroatoms. The van der Waals surface area contributed by atoms with Crippen molar-refractivity contribution < 1.29 is 0 Å². The first-order valence-corrected chi connectivity index (χ1v) is 9.71. The Kier molecular flexibility index (Phi) is 4.73. The summed E-state index contributed by atoms with van der Waals surface area (Å²) in [5.41, 5.74) is 16.6. The molecule has 0 aromatic heterocycles. The van der Waals surface area contributed by atoms with E-state index in [4.69, 9.17) is 16.5 Å². The van der Waals surface area contributed by atoms with Crippen molar-refractivity contribution in [1.29, 1.82) is 0 Å². The molecular formula is C22H28N6. The molecule has 1 atom stereocenters. The van der Waals surface area contributed by atoms with Crippen LogP contribution in [0.2, 0.25) is 0 Å². The van der Waals surface area contributed by atoms with Gasteiger partial charge >= 0.3 is 0 Å². The molecule has 0 saturated carbocycles. The van der Waals surface area contributed by atoms with Gasteiger partial charge in [0.25, 0.3) is 0 Å². The van der Waals surface area contributed by atoms with Crippen LogP contribution in [0.15, 0.2) is 65.4 Å². The van der Waals surface area contributed by atoms with Crippen molar-refractivity contribution >= 4 is 11.6 Å². The third-order valence-corrected chi connectivity index (χ3v) is 5.47. The summed E-state index contributed by atoms with van der Waals surface area (Å²) in [6, 6.07) is 16.6. The lowest BCUT2D eigenvalue weighted by Crippen LogP contribution is -2.56. The summed E-state index contributed by atoms with van der Waals surface area (Å²) in [7, 11) is 0. The number of benzene rings is 2. The molecule has 146 valence electrons. The van der Waals surface area contributed by atoms with Crippen LogP contribution in [0.5, 0.6) is 0 Å². The zero-order chi connectivity index (χ0) is 19.7. The predicted octanol–water partition coefficient (Wildman–Crippen LogP) is 2.00. The van der Waals surface area contributed by atoms with Crippen LogP contribution in [0, 0.1) is 13.8 Å². The van der Waals surface area contributed by atoms with Gasteiger partial charge in [0.1, 0.15) is 5.82 Å². The van der Waals surface area contributed by atoms with E-state index in [2.05, 4.69) is 53.2 Å². The Bertz CT molecular complexity index is 909. The molecule has 1 saturated heterocycles. The van der Waals surface area contributed by atoms with Gasteiger partial charge in [0.2, 0.25) is 5.96 Å². The molecule has 2 aliphatic heterocycles. The highest BCUT2D eigenvalue weighted by molar-refractivity contribution is 5.83. The second-order valence-electron chi connectivity index (χ2n) is 7.61. The lowest BCUT2D eigenvalue weighted by molar-refractivity contribution is 0.365. The van der Waals surface area contributed by atoms with Gasteiger partial charge in [-0.15, -0.1) is 0 Å². The van der Waals surface area contributed by atoms with E-state index in [0.29, 0.717) is 5.82 Å². The first-order chi connectivity index (χ1) is 13.4. The summed E-state index contributed by atoms with van der Waals surface area (Å²) in [5, 5.41) is 3.20. The van der Waals surface area contributed by atoms with Crippen LogP contribution in [0.3, 0.4) is 0 Å². The zero-order valence-electron chi connectivity index (χ0n) is 16.5. The molecule has 6 nitrogen and oxygen atoms in total. The molecule has 0 aliphatic carbocycles. The number of nitrogens with one attached hydrogen (secondary N) is 1. The molecule has 28 heavy (non-hydrogen) atoms. The topological polar surface area (TPSA) is 82.9 Å². The lowest BCUT2D eigenvalue weighted by Gasteiger charge is -2.40. The fraction of sp³-hybridized carbons (Fsp3) is 0.318. The Morgan fingerprint density at radius 1 is 0.929 bits per heavy atom. The summed E-state index contributed by atoms with van der Waals surface area (Å²) in [4.78, 5) is 9.48.